The molecule has 0 atom stereocenters. The second kappa shape index (κ2) is 8.16. The topological polar surface area (TPSA) is 167 Å². The molecule has 0 radical (unpaired) electrons. The zero-order valence-corrected chi connectivity index (χ0v) is 15.2. The SMILES string of the molecule is CCCc1c(C(=O)NN=Cc2cccc(OC)c2O)nnn1-c1nonc1N. The zero-order chi connectivity index (χ0) is 20.1. The van der Waals surface area contributed by atoms with Crippen molar-refractivity contribution in [2.24, 2.45) is 5.10 Å². The molecule has 3 rings (SSSR count). The van der Waals surface area contributed by atoms with Crippen LogP contribution in [-0.2, 0) is 6.42 Å². The summed E-state index contributed by atoms with van der Waals surface area (Å²) in [6, 6.07) is 4.90. The van der Waals surface area contributed by atoms with Crippen LogP contribution in [0.1, 0.15) is 35.1 Å². The molecular formula is C16H18N8O4. The molecule has 0 saturated heterocycles. The second-order valence-electron chi connectivity index (χ2n) is 5.62. The lowest BCUT2D eigenvalue weighted by atomic mass is 10.2. The lowest BCUT2D eigenvalue weighted by Crippen LogP contribution is -2.20. The summed E-state index contributed by atoms with van der Waals surface area (Å²) in [5.41, 5.74) is 8.98. The highest BCUT2D eigenvalue weighted by Crippen LogP contribution is 2.27. The quantitative estimate of drug-likeness (QED) is 0.390. The van der Waals surface area contributed by atoms with E-state index in [0.717, 1.165) is 6.42 Å². The van der Waals surface area contributed by atoms with Crippen molar-refractivity contribution in [3.05, 3.63) is 35.2 Å². The maximum Gasteiger partial charge on any atom is 0.293 e. The van der Waals surface area contributed by atoms with Crippen LogP contribution < -0.4 is 15.9 Å². The molecule has 0 saturated carbocycles. The highest BCUT2D eigenvalue weighted by atomic mass is 16.6. The van der Waals surface area contributed by atoms with Gasteiger partial charge in [-0.25, -0.2) is 10.1 Å². The molecule has 0 unspecified atom stereocenters. The Labute approximate surface area is 158 Å². The largest absolute Gasteiger partial charge is 0.504 e. The van der Waals surface area contributed by atoms with Gasteiger partial charge in [-0.1, -0.05) is 24.6 Å². The fraction of sp³-hybridized carbons (Fsp3) is 0.250. The third kappa shape index (κ3) is 3.60. The van der Waals surface area contributed by atoms with E-state index in [1.165, 1.54) is 18.0 Å². The molecule has 0 fully saturated rings. The van der Waals surface area contributed by atoms with Gasteiger partial charge < -0.3 is 15.6 Å². The first-order valence-corrected chi connectivity index (χ1v) is 8.29. The molecule has 1 amide bonds. The van der Waals surface area contributed by atoms with Crippen LogP contribution in [0.5, 0.6) is 11.5 Å². The molecule has 0 aliphatic heterocycles. The van der Waals surface area contributed by atoms with Crippen LogP contribution >= 0.6 is 0 Å². The van der Waals surface area contributed by atoms with E-state index in [1.54, 1.807) is 18.2 Å². The van der Waals surface area contributed by atoms with Gasteiger partial charge in [-0.05, 0) is 28.9 Å². The number of ether oxygens (including phenoxy) is 1. The molecule has 146 valence electrons. The monoisotopic (exact) mass is 386 g/mol. The number of para-hydroxylation sites is 1. The Balaban J connectivity index is 1.81. The Morgan fingerprint density at radius 1 is 1.46 bits per heavy atom. The van der Waals surface area contributed by atoms with Gasteiger partial charge in [0.1, 0.15) is 0 Å². The van der Waals surface area contributed by atoms with Gasteiger partial charge in [-0.15, -0.1) is 5.10 Å². The fourth-order valence-electron chi connectivity index (χ4n) is 2.47. The van der Waals surface area contributed by atoms with E-state index in [2.05, 4.69) is 35.8 Å². The van der Waals surface area contributed by atoms with Gasteiger partial charge >= 0.3 is 0 Å². The molecule has 3 aromatic rings. The minimum atomic E-state index is -0.580. The first-order valence-electron chi connectivity index (χ1n) is 8.29. The Hall–Kier alpha value is -3.96. The second-order valence-corrected chi connectivity index (χ2v) is 5.62. The molecule has 1 aromatic carbocycles. The lowest BCUT2D eigenvalue weighted by Gasteiger charge is -2.05. The number of carbonyl (C=O) groups excluding carboxylic acids is 1. The van der Waals surface area contributed by atoms with Crippen LogP contribution in [0, 0.1) is 0 Å². The third-order valence-corrected chi connectivity index (χ3v) is 3.78. The fourth-order valence-corrected chi connectivity index (χ4v) is 2.47. The van der Waals surface area contributed by atoms with E-state index < -0.39 is 5.91 Å². The number of carbonyl (C=O) groups is 1. The predicted octanol–water partition coefficient (Wildman–Crippen LogP) is 0.663. The first-order chi connectivity index (χ1) is 13.6. The number of methoxy groups -OCH3 is 1. The Bertz CT molecular complexity index is 1010. The molecule has 4 N–H and O–H groups in total. The predicted molar refractivity (Wildman–Crippen MR) is 97.3 cm³/mol. The molecule has 2 aromatic heterocycles. The number of aromatic nitrogens is 5. The number of phenols is 1. The van der Waals surface area contributed by atoms with E-state index in [9.17, 15) is 9.90 Å². The first kappa shape index (κ1) is 18.8. The Kier molecular flexibility index (Phi) is 5.48. The van der Waals surface area contributed by atoms with Crippen LogP contribution in [0.2, 0.25) is 0 Å². The smallest absolute Gasteiger partial charge is 0.293 e. The molecule has 12 heteroatoms. The van der Waals surface area contributed by atoms with Crippen LogP contribution in [-0.4, -0.2) is 49.6 Å². The highest BCUT2D eigenvalue weighted by molar-refractivity contribution is 5.94. The van der Waals surface area contributed by atoms with Crippen molar-refractivity contribution in [1.82, 2.24) is 30.7 Å². The van der Waals surface area contributed by atoms with Crippen LogP contribution in [0.15, 0.2) is 27.9 Å². The van der Waals surface area contributed by atoms with Crippen LogP contribution in [0.3, 0.4) is 0 Å². The normalized spacial score (nSPS) is 11.1. The Morgan fingerprint density at radius 3 is 2.96 bits per heavy atom. The summed E-state index contributed by atoms with van der Waals surface area (Å²) in [5.74, 6) is -0.194. The van der Waals surface area contributed by atoms with E-state index in [0.29, 0.717) is 23.4 Å². The number of hydrogen-bond donors (Lipinski definition) is 3. The van der Waals surface area contributed by atoms with Crippen molar-refractivity contribution in [3.63, 3.8) is 0 Å². The number of hydrogen-bond acceptors (Lipinski definition) is 10. The molecule has 2 heterocycles. The molecule has 0 aliphatic rings. The summed E-state index contributed by atoms with van der Waals surface area (Å²) >= 11 is 0. The number of anilines is 1. The van der Waals surface area contributed by atoms with Gasteiger partial charge in [0.15, 0.2) is 17.2 Å². The van der Waals surface area contributed by atoms with Crippen molar-refractivity contribution >= 4 is 17.9 Å². The number of nitrogen functional groups attached to an aromatic ring is 1. The summed E-state index contributed by atoms with van der Waals surface area (Å²) in [6.07, 6.45) is 2.50. The third-order valence-electron chi connectivity index (χ3n) is 3.78. The van der Waals surface area contributed by atoms with Crippen LogP contribution in [0.25, 0.3) is 5.82 Å². The standard InChI is InChI=1S/C16H18N8O4/c1-3-5-10-12(19-23-24(10)15-14(17)21-28-22-15)16(26)20-18-8-9-6-4-7-11(27-2)13(9)25/h4,6-8,25H,3,5H2,1-2H3,(H2,17,21)(H,20,26). The van der Waals surface area contributed by atoms with Crippen LogP contribution in [0.4, 0.5) is 5.82 Å². The number of aromatic hydroxyl groups is 1. The minimum Gasteiger partial charge on any atom is -0.504 e. The van der Waals surface area contributed by atoms with Crippen molar-refractivity contribution in [2.45, 2.75) is 19.8 Å². The summed E-state index contributed by atoms with van der Waals surface area (Å²) < 4.78 is 10.9. The number of amides is 1. The summed E-state index contributed by atoms with van der Waals surface area (Å²) in [7, 11) is 1.44. The average molecular weight is 386 g/mol. The van der Waals surface area contributed by atoms with Crippen molar-refractivity contribution < 1.29 is 19.3 Å². The maximum absolute atomic E-state index is 12.5. The number of nitrogens with one attached hydrogen (secondary N) is 1. The summed E-state index contributed by atoms with van der Waals surface area (Å²) in [4.78, 5) is 12.5. The van der Waals surface area contributed by atoms with Crippen molar-refractivity contribution in [2.75, 3.05) is 12.8 Å². The van der Waals surface area contributed by atoms with E-state index in [-0.39, 0.29) is 23.1 Å². The molecule has 28 heavy (non-hydrogen) atoms. The number of benzene rings is 1. The van der Waals surface area contributed by atoms with E-state index in [1.807, 2.05) is 6.92 Å². The molecule has 0 spiro atoms. The van der Waals surface area contributed by atoms with Gasteiger partial charge in [0, 0.05) is 5.56 Å². The molecule has 0 bridgehead atoms. The average Bonchev–Trinajstić information content (AvgIpc) is 3.29. The number of rotatable bonds is 7. The number of hydrazone groups is 1. The van der Waals surface area contributed by atoms with Crippen molar-refractivity contribution in [1.29, 1.82) is 0 Å². The van der Waals surface area contributed by atoms with Gasteiger partial charge in [0.2, 0.25) is 11.6 Å². The number of nitrogens with two attached hydrogens (primary N) is 1. The molecular weight excluding hydrogens is 368 g/mol. The summed E-state index contributed by atoms with van der Waals surface area (Å²) in [6.45, 7) is 1.94. The van der Waals surface area contributed by atoms with Gasteiger partial charge in [0.25, 0.3) is 5.91 Å². The van der Waals surface area contributed by atoms with Gasteiger partial charge in [-0.3, -0.25) is 4.79 Å². The van der Waals surface area contributed by atoms with E-state index in [4.69, 9.17) is 10.5 Å². The Morgan fingerprint density at radius 2 is 2.29 bits per heavy atom. The van der Waals surface area contributed by atoms with E-state index >= 15 is 0 Å². The molecule has 0 aliphatic carbocycles. The van der Waals surface area contributed by atoms with Gasteiger partial charge in [-0.2, -0.15) is 9.78 Å². The minimum absolute atomic E-state index is 0.0285. The number of phenolic OH excluding ortho intramolecular Hbond substituents is 1. The highest BCUT2D eigenvalue weighted by Gasteiger charge is 2.23. The molecule has 12 nitrogen and oxygen atoms in total. The maximum atomic E-state index is 12.5. The summed E-state index contributed by atoms with van der Waals surface area (Å²) in [5, 5.41) is 28.9. The van der Waals surface area contributed by atoms with Crippen molar-refractivity contribution in [3.8, 4) is 17.3 Å². The zero-order valence-electron chi connectivity index (χ0n) is 15.2. The van der Waals surface area contributed by atoms with Gasteiger partial charge in [0.05, 0.1) is 19.0 Å². The number of nitrogens with zero attached hydrogens (tertiary/aromatic N) is 6. The lowest BCUT2D eigenvalue weighted by molar-refractivity contribution is 0.0949.